The Hall–Kier alpha value is -0.480. The second-order valence-corrected chi connectivity index (χ2v) is 3.91. The van der Waals surface area contributed by atoms with Gasteiger partial charge in [-0.25, -0.2) is 0 Å². The van der Waals surface area contributed by atoms with Crippen molar-refractivity contribution in [3.8, 4) is 11.8 Å². The smallest absolute Gasteiger partial charge is 0.0512 e. The molecule has 0 aromatic carbocycles. The predicted octanol–water partition coefficient (Wildman–Crippen LogP) is 3.51. The molecule has 0 saturated carbocycles. The van der Waals surface area contributed by atoms with Gasteiger partial charge in [0.05, 0.1) is 6.10 Å². The number of aliphatic hydroxyl groups is 1. The molecule has 0 fully saturated rings. The number of unbranched alkanes of at least 4 members (excludes halogenated alkanes) is 5. The first-order chi connectivity index (χ1) is 6.77. The van der Waals surface area contributed by atoms with Crippen LogP contribution in [-0.2, 0) is 0 Å². The van der Waals surface area contributed by atoms with Crippen LogP contribution in [0.25, 0.3) is 0 Å². The van der Waals surface area contributed by atoms with Gasteiger partial charge >= 0.3 is 0 Å². The molecule has 1 atom stereocenters. The van der Waals surface area contributed by atoms with E-state index < -0.39 is 0 Å². The van der Waals surface area contributed by atoms with E-state index in [2.05, 4.69) is 18.8 Å². The Morgan fingerprint density at radius 1 is 1.00 bits per heavy atom. The topological polar surface area (TPSA) is 20.2 Å². The van der Waals surface area contributed by atoms with E-state index >= 15 is 0 Å². The molecule has 0 heterocycles. The molecule has 0 spiro atoms. The quantitative estimate of drug-likeness (QED) is 0.488. The van der Waals surface area contributed by atoms with E-state index in [0.29, 0.717) is 0 Å². The van der Waals surface area contributed by atoms with E-state index in [-0.39, 0.29) is 6.10 Å². The summed E-state index contributed by atoms with van der Waals surface area (Å²) >= 11 is 0. The van der Waals surface area contributed by atoms with Crippen LogP contribution in [0.3, 0.4) is 0 Å². The number of hydrogen-bond acceptors (Lipinski definition) is 1. The Morgan fingerprint density at radius 3 is 2.07 bits per heavy atom. The monoisotopic (exact) mass is 196 g/mol. The number of hydrogen-bond donors (Lipinski definition) is 1. The van der Waals surface area contributed by atoms with Gasteiger partial charge in [0, 0.05) is 12.8 Å². The van der Waals surface area contributed by atoms with Gasteiger partial charge in [0.25, 0.3) is 0 Å². The second kappa shape index (κ2) is 10.6. The summed E-state index contributed by atoms with van der Waals surface area (Å²) in [6, 6.07) is 0. The maximum absolute atomic E-state index is 9.02. The minimum Gasteiger partial charge on any atom is -0.393 e. The van der Waals surface area contributed by atoms with Gasteiger partial charge in [-0.15, -0.1) is 11.8 Å². The van der Waals surface area contributed by atoms with Crippen LogP contribution in [0.2, 0.25) is 0 Å². The molecule has 0 saturated heterocycles. The molecule has 0 amide bonds. The van der Waals surface area contributed by atoms with Gasteiger partial charge in [-0.3, -0.25) is 0 Å². The van der Waals surface area contributed by atoms with E-state index in [1.165, 1.54) is 19.3 Å². The van der Waals surface area contributed by atoms with E-state index in [1.54, 1.807) is 0 Å². The summed E-state index contributed by atoms with van der Waals surface area (Å²) < 4.78 is 0. The van der Waals surface area contributed by atoms with Crippen LogP contribution in [0.15, 0.2) is 0 Å². The first-order valence-corrected chi connectivity index (χ1v) is 5.91. The predicted molar refractivity (Wildman–Crippen MR) is 62.1 cm³/mol. The molecular formula is C13H24O. The Labute approximate surface area is 88.9 Å². The third-order valence-corrected chi connectivity index (χ3v) is 2.20. The van der Waals surface area contributed by atoms with Gasteiger partial charge in [0.1, 0.15) is 0 Å². The largest absolute Gasteiger partial charge is 0.393 e. The third kappa shape index (κ3) is 11.5. The molecule has 1 nitrogen and oxygen atoms in total. The van der Waals surface area contributed by atoms with Crippen LogP contribution in [-0.4, -0.2) is 11.2 Å². The van der Waals surface area contributed by atoms with Crippen molar-refractivity contribution in [1.29, 1.82) is 0 Å². The normalized spacial score (nSPS) is 11.9. The summed E-state index contributed by atoms with van der Waals surface area (Å²) in [6.45, 7) is 4.06. The molecule has 1 heteroatoms. The lowest BCUT2D eigenvalue weighted by Gasteiger charge is -2.00. The molecule has 0 aliphatic carbocycles. The first kappa shape index (κ1) is 13.5. The van der Waals surface area contributed by atoms with E-state index in [0.717, 1.165) is 32.1 Å². The minimum absolute atomic E-state index is 0.146. The Kier molecular flexibility index (Phi) is 10.2. The highest BCUT2D eigenvalue weighted by Gasteiger charge is 1.93. The van der Waals surface area contributed by atoms with Crippen molar-refractivity contribution in [2.75, 3.05) is 0 Å². The summed E-state index contributed by atoms with van der Waals surface area (Å²) in [7, 11) is 0. The van der Waals surface area contributed by atoms with Crippen molar-refractivity contribution in [1.82, 2.24) is 0 Å². The standard InChI is InChI=1S/C13H24O/c1-3-4-5-6-7-8-9-10-11-12-13(2)14/h13-14H,3-6,9-12H2,1-2H3. The zero-order valence-electron chi connectivity index (χ0n) is 9.68. The highest BCUT2D eigenvalue weighted by Crippen LogP contribution is 2.02. The van der Waals surface area contributed by atoms with E-state index in [9.17, 15) is 0 Å². The van der Waals surface area contributed by atoms with Gasteiger partial charge in [-0.1, -0.05) is 19.8 Å². The fourth-order valence-corrected chi connectivity index (χ4v) is 1.29. The molecule has 14 heavy (non-hydrogen) atoms. The summed E-state index contributed by atoms with van der Waals surface area (Å²) in [5, 5.41) is 9.02. The van der Waals surface area contributed by atoms with Crippen molar-refractivity contribution in [3.05, 3.63) is 0 Å². The molecule has 82 valence electrons. The lowest BCUT2D eigenvalue weighted by Crippen LogP contribution is -1.97. The molecular weight excluding hydrogens is 172 g/mol. The average molecular weight is 196 g/mol. The van der Waals surface area contributed by atoms with Crippen molar-refractivity contribution < 1.29 is 5.11 Å². The van der Waals surface area contributed by atoms with Crippen LogP contribution in [0.1, 0.15) is 65.2 Å². The zero-order valence-corrected chi connectivity index (χ0v) is 9.68. The Balaban J connectivity index is 3.10. The molecule has 1 N–H and O–H groups in total. The summed E-state index contributed by atoms with van der Waals surface area (Å²) in [5.74, 6) is 6.38. The van der Waals surface area contributed by atoms with E-state index in [1.807, 2.05) is 6.92 Å². The van der Waals surface area contributed by atoms with Gasteiger partial charge in [0.15, 0.2) is 0 Å². The summed E-state index contributed by atoms with van der Waals surface area (Å²) in [5.41, 5.74) is 0. The van der Waals surface area contributed by atoms with Crippen LogP contribution >= 0.6 is 0 Å². The highest BCUT2D eigenvalue weighted by molar-refractivity contribution is 4.98. The van der Waals surface area contributed by atoms with Crippen LogP contribution in [0, 0.1) is 11.8 Å². The SMILES string of the molecule is CCCCCC#CCCCCC(C)O. The van der Waals surface area contributed by atoms with E-state index in [4.69, 9.17) is 5.11 Å². The highest BCUT2D eigenvalue weighted by atomic mass is 16.3. The maximum Gasteiger partial charge on any atom is 0.0512 e. The fourth-order valence-electron chi connectivity index (χ4n) is 1.29. The van der Waals surface area contributed by atoms with Crippen molar-refractivity contribution in [2.24, 2.45) is 0 Å². The lowest BCUT2D eigenvalue weighted by atomic mass is 10.1. The first-order valence-electron chi connectivity index (χ1n) is 5.91. The molecule has 0 aromatic heterocycles. The van der Waals surface area contributed by atoms with Gasteiger partial charge in [-0.05, 0) is 32.6 Å². The number of aliphatic hydroxyl groups excluding tert-OH is 1. The molecule has 1 unspecified atom stereocenters. The van der Waals surface area contributed by atoms with Gasteiger partial charge < -0.3 is 5.11 Å². The van der Waals surface area contributed by atoms with Crippen LogP contribution < -0.4 is 0 Å². The zero-order chi connectivity index (χ0) is 10.6. The minimum atomic E-state index is -0.146. The fraction of sp³-hybridized carbons (Fsp3) is 0.846. The van der Waals surface area contributed by atoms with Crippen LogP contribution in [0.4, 0.5) is 0 Å². The third-order valence-electron chi connectivity index (χ3n) is 2.20. The Morgan fingerprint density at radius 2 is 1.57 bits per heavy atom. The molecule has 0 radical (unpaired) electrons. The van der Waals surface area contributed by atoms with Crippen LogP contribution in [0.5, 0.6) is 0 Å². The maximum atomic E-state index is 9.02. The lowest BCUT2D eigenvalue weighted by molar-refractivity contribution is 0.181. The molecule has 0 aromatic rings. The van der Waals surface area contributed by atoms with Gasteiger partial charge in [-0.2, -0.15) is 0 Å². The molecule has 0 aliphatic rings. The summed E-state index contributed by atoms with van der Waals surface area (Å²) in [6.07, 6.45) is 8.88. The summed E-state index contributed by atoms with van der Waals surface area (Å²) in [4.78, 5) is 0. The van der Waals surface area contributed by atoms with Gasteiger partial charge in [0.2, 0.25) is 0 Å². The van der Waals surface area contributed by atoms with Crippen molar-refractivity contribution in [2.45, 2.75) is 71.3 Å². The average Bonchev–Trinajstić information content (AvgIpc) is 2.15. The van der Waals surface area contributed by atoms with Crippen molar-refractivity contribution in [3.63, 3.8) is 0 Å². The number of rotatable bonds is 7. The Bertz CT molecular complexity index is 162. The van der Waals surface area contributed by atoms with Crippen molar-refractivity contribution >= 4 is 0 Å². The second-order valence-electron chi connectivity index (χ2n) is 3.91. The molecule has 0 bridgehead atoms. The molecule has 0 aliphatic heterocycles. The molecule has 0 rings (SSSR count).